The maximum absolute atomic E-state index is 13.1. The van der Waals surface area contributed by atoms with E-state index in [1.807, 2.05) is 0 Å². The molecule has 0 spiro atoms. The summed E-state index contributed by atoms with van der Waals surface area (Å²) in [7, 11) is -9.98. The normalized spacial score (nSPS) is 14.5. The van der Waals surface area contributed by atoms with Crippen molar-refractivity contribution in [3.05, 3.63) is 134 Å². The first-order valence-corrected chi connectivity index (χ1v) is 44.4. The molecule has 0 aliphatic heterocycles. The van der Waals surface area contributed by atoms with Gasteiger partial charge in [-0.05, 0) is 161 Å². The van der Waals surface area contributed by atoms with Gasteiger partial charge in [-0.1, -0.05) is 283 Å². The smallest absolute Gasteiger partial charge is 0.462 e. The highest BCUT2D eigenvalue weighted by Gasteiger charge is 2.30. The van der Waals surface area contributed by atoms with Crippen molar-refractivity contribution in [1.82, 2.24) is 0 Å². The van der Waals surface area contributed by atoms with Crippen LogP contribution in [-0.4, -0.2) is 96.7 Å². The monoisotopic (exact) mass is 1530 g/mol. The van der Waals surface area contributed by atoms with E-state index in [1.165, 1.54) is 64.2 Å². The zero-order valence-electron chi connectivity index (χ0n) is 66.6. The van der Waals surface area contributed by atoms with E-state index < -0.39 is 97.5 Å². The summed E-state index contributed by atoms with van der Waals surface area (Å²) in [6, 6.07) is 0. The molecule has 0 saturated heterocycles. The van der Waals surface area contributed by atoms with Crippen molar-refractivity contribution in [1.29, 1.82) is 0 Å². The van der Waals surface area contributed by atoms with Gasteiger partial charge in [-0.2, -0.15) is 0 Å². The lowest BCUT2D eigenvalue weighted by Crippen LogP contribution is -2.30. The molecule has 0 bridgehead atoms. The summed E-state index contributed by atoms with van der Waals surface area (Å²) in [4.78, 5) is 73.1. The summed E-state index contributed by atoms with van der Waals surface area (Å²) >= 11 is 0. The van der Waals surface area contributed by atoms with Gasteiger partial charge in [0.15, 0.2) is 12.2 Å². The van der Waals surface area contributed by atoms with E-state index in [0.717, 1.165) is 193 Å². The quantitative estimate of drug-likeness (QED) is 0.0169. The fourth-order valence-corrected chi connectivity index (χ4v) is 12.4. The first kappa shape index (κ1) is 101. The molecular formula is C87H148O17P2. The van der Waals surface area contributed by atoms with Gasteiger partial charge in [0.2, 0.25) is 0 Å². The maximum atomic E-state index is 13.1. The Balaban J connectivity index is 5.42. The largest absolute Gasteiger partial charge is 0.472 e. The number of allylic oxidation sites excluding steroid dienone is 22. The van der Waals surface area contributed by atoms with E-state index in [1.54, 1.807) is 0 Å². The van der Waals surface area contributed by atoms with E-state index in [0.29, 0.717) is 25.7 Å². The number of unbranched alkanes of at least 4 members (excludes halogenated alkanes) is 29. The summed E-state index contributed by atoms with van der Waals surface area (Å²) in [6.07, 6.45) is 88.5. The first-order chi connectivity index (χ1) is 51.7. The molecule has 3 N–H and O–H groups in total. The molecule has 5 atom stereocenters. The predicted molar refractivity (Wildman–Crippen MR) is 436 cm³/mol. The zero-order chi connectivity index (χ0) is 77.4. The van der Waals surface area contributed by atoms with E-state index >= 15 is 0 Å². The lowest BCUT2D eigenvalue weighted by atomic mass is 10.1. The van der Waals surface area contributed by atoms with Crippen molar-refractivity contribution in [3.63, 3.8) is 0 Å². The third-order valence-electron chi connectivity index (χ3n) is 17.1. The van der Waals surface area contributed by atoms with Crippen LogP contribution in [0.3, 0.4) is 0 Å². The highest BCUT2D eigenvalue weighted by molar-refractivity contribution is 7.47. The van der Waals surface area contributed by atoms with Gasteiger partial charge in [-0.25, -0.2) is 9.13 Å². The molecule has 0 saturated carbocycles. The molecule has 0 aromatic rings. The fourth-order valence-electron chi connectivity index (χ4n) is 10.8. The van der Waals surface area contributed by atoms with Crippen molar-refractivity contribution < 1.29 is 80.2 Å². The van der Waals surface area contributed by atoms with Gasteiger partial charge in [-0.3, -0.25) is 37.3 Å². The van der Waals surface area contributed by atoms with Crippen LogP contribution in [0, 0.1) is 0 Å². The van der Waals surface area contributed by atoms with Crippen molar-refractivity contribution in [2.75, 3.05) is 39.6 Å². The third kappa shape index (κ3) is 77.4. The van der Waals surface area contributed by atoms with Crippen molar-refractivity contribution in [3.8, 4) is 0 Å². The number of hydrogen-bond donors (Lipinski definition) is 3. The number of esters is 4. The van der Waals surface area contributed by atoms with Gasteiger partial charge in [0.05, 0.1) is 26.4 Å². The van der Waals surface area contributed by atoms with E-state index in [4.69, 9.17) is 37.0 Å². The van der Waals surface area contributed by atoms with Crippen LogP contribution in [0.25, 0.3) is 0 Å². The second-order valence-corrected chi connectivity index (χ2v) is 30.2. The average Bonchev–Trinajstić information content (AvgIpc) is 0.903. The molecule has 0 fully saturated rings. The van der Waals surface area contributed by atoms with Crippen molar-refractivity contribution >= 4 is 39.5 Å². The Bertz CT molecular complexity index is 2530. The van der Waals surface area contributed by atoms with Gasteiger partial charge in [0, 0.05) is 25.7 Å². The van der Waals surface area contributed by atoms with Crippen LogP contribution in [0.1, 0.15) is 336 Å². The Morgan fingerprint density at radius 1 is 0.274 bits per heavy atom. The summed E-state index contributed by atoms with van der Waals surface area (Å²) in [5, 5.41) is 10.7. The minimum Gasteiger partial charge on any atom is -0.462 e. The highest BCUT2D eigenvalue weighted by atomic mass is 31.2. The van der Waals surface area contributed by atoms with Crippen LogP contribution < -0.4 is 0 Å². The lowest BCUT2D eigenvalue weighted by molar-refractivity contribution is -0.161. The summed E-state index contributed by atoms with van der Waals surface area (Å²) in [5.41, 5.74) is 0. The molecule has 106 heavy (non-hydrogen) atoms. The Kier molecular flexibility index (Phi) is 74.8. The topological polar surface area (TPSA) is 237 Å². The van der Waals surface area contributed by atoms with Crippen LogP contribution >= 0.6 is 15.6 Å². The Morgan fingerprint density at radius 3 is 0.783 bits per heavy atom. The molecule has 0 radical (unpaired) electrons. The molecular weight excluding hydrogens is 1380 g/mol. The molecule has 0 rings (SSSR count). The molecule has 0 aliphatic rings. The first-order valence-electron chi connectivity index (χ1n) is 41.4. The lowest BCUT2D eigenvalue weighted by Gasteiger charge is -2.21. The number of phosphoric acid groups is 2. The minimum atomic E-state index is -5.00. The number of hydrogen-bond acceptors (Lipinski definition) is 15. The SMILES string of the molecule is CC/C=C\C/C=C\C/C=C\C/C=C\C/C=C\CCCCCC(=O)OCC(COP(=O)(O)OCC(O)COP(=O)(O)OCC(COC(=O)CCCCCCC/C=C\CCCCCCCC)OC(=O)CCCCCCC/C=C\CCCCCC)OC(=O)CCCCCCCC/C=C\C/C=C\C/C=C\C/C=C\CC. The molecule has 0 aromatic heterocycles. The maximum Gasteiger partial charge on any atom is 0.472 e. The molecule has 5 unspecified atom stereocenters. The number of phosphoric ester groups is 2. The number of rotatable bonds is 77. The molecule has 0 amide bonds. The number of aliphatic hydroxyl groups is 1. The number of aliphatic hydroxyl groups excluding tert-OH is 1. The molecule has 17 nitrogen and oxygen atoms in total. The van der Waals surface area contributed by atoms with Crippen LogP contribution in [-0.2, 0) is 65.4 Å². The molecule has 0 aromatic carbocycles. The Hall–Kier alpha value is -4.80. The van der Waals surface area contributed by atoms with Gasteiger partial charge in [0.1, 0.15) is 19.3 Å². The Labute approximate surface area is 644 Å². The summed E-state index contributed by atoms with van der Waals surface area (Å²) < 4.78 is 68.7. The van der Waals surface area contributed by atoms with E-state index in [9.17, 15) is 43.2 Å². The van der Waals surface area contributed by atoms with Gasteiger partial charge in [0.25, 0.3) is 0 Å². The van der Waals surface area contributed by atoms with Gasteiger partial charge >= 0.3 is 39.5 Å². The Morgan fingerprint density at radius 2 is 0.491 bits per heavy atom. The van der Waals surface area contributed by atoms with Crippen LogP contribution in [0.5, 0.6) is 0 Å². The second kappa shape index (κ2) is 78.3. The van der Waals surface area contributed by atoms with Gasteiger partial charge < -0.3 is 33.8 Å². The van der Waals surface area contributed by atoms with Crippen LogP contribution in [0.2, 0.25) is 0 Å². The molecule has 0 aliphatic carbocycles. The number of carbonyl (C=O) groups is 4. The fraction of sp³-hybridized carbons (Fsp3) is 0.701. The second-order valence-electron chi connectivity index (χ2n) is 27.3. The number of carbonyl (C=O) groups excluding carboxylic acids is 4. The van der Waals surface area contributed by atoms with Crippen LogP contribution in [0.4, 0.5) is 0 Å². The molecule has 608 valence electrons. The van der Waals surface area contributed by atoms with E-state index in [2.05, 4.69) is 161 Å². The molecule has 19 heteroatoms. The minimum absolute atomic E-state index is 0.0673. The zero-order valence-corrected chi connectivity index (χ0v) is 68.4. The van der Waals surface area contributed by atoms with Gasteiger partial charge in [-0.15, -0.1) is 0 Å². The third-order valence-corrected chi connectivity index (χ3v) is 19.0. The highest BCUT2D eigenvalue weighted by Crippen LogP contribution is 2.45. The average molecular weight is 1530 g/mol. The summed E-state index contributed by atoms with van der Waals surface area (Å²) in [6.45, 7) is 4.58. The summed E-state index contributed by atoms with van der Waals surface area (Å²) in [5.74, 6) is -2.24. The molecule has 0 heterocycles. The standard InChI is InChI=1S/C87H148O17P2/c1-5-9-13-17-21-25-29-33-36-38-40-42-45-49-52-56-60-64-68-72-85(90)98-78-83(104-87(92)74-70-66-62-58-54-50-46-43-41-39-37-34-30-26-22-18-14-10-6-2)80-102-106(95,96)100-76-81(88)75-99-105(93,94)101-79-82(103-86(91)73-69-65-61-57-53-47-32-28-24-20-16-12-8-4)77-97-84(89)71-67-63-59-55-51-48-44-35-31-27-23-19-15-11-7-3/h9-10,13-14,21-22,25-26,28,32-37,40-44,49,52,81-83,88H,5-8,11-12,15-20,23-24,27,29-31,38-39,45-48,50-51,53-80H2,1-4H3,(H,93,94)(H,95,96)/b13-9-,14-10-,25-21-,26-22-,32-28-,36-33-,37-34-,42-40-,43-41-,44-35-,52-49-. The van der Waals surface area contributed by atoms with Crippen LogP contribution in [0.15, 0.2) is 134 Å². The predicted octanol–water partition coefficient (Wildman–Crippen LogP) is 24.4. The number of ether oxygens (including phenoxy) is 4. The van der Waals surface area contributed by atoms with E-state index in [-0.39, 0.29) is 25.7 Å². The van der Waals surface area contributed by atoms with Crippen molar-refractivity contribution in [2.24, 2.45) is 0 Å². The van der Waals surface area contributed by atoms with Crippen molar-refractivity contribution in [2.45, 2.75) is 354 Å².